The van der Waals surface area contributed by atoms with Crippen LogP contribution in [0.4, 0.5) is 4.39 Å². The van der Waals surface area contributed by atoms with E-state index >= 15 is 0 Å². The van der Waals surface area contributed by atoms with Crippen molar-refractivity contribution in [1.82, 2.24) is 10.2 Å². The van der Waals surface area contributed by atoms with Gasteiger partial charge in [-0.2, -0.15) is 0 Å². The molecule has 1 aromatic rings. The molecule has 0 saturated carbocycles. The molecule has 0 aromatic heterocycles. The molecule has 1 saturated heterocycles. The lowest BCUT2D eigenvalue weighted by Crippen LogP contribution is -2.41. The highest BCUT2D eigenvalue weighted by atomic mass is 19.1. The fraction of sp³-hybridized carbons (Fsp3) is 0.500. The molecule has 2 rings (SSSR count). The van der Waals surface area contributed by atoms with Gasteiger partial charge in [-0.05, 0) is 37.1 Å². The summed E-state index contributed by atoms with van der Waals surface area (Å²) in [5, 5.41) is 3.17. The molecule has 0 bridgehead atoms. The number of likely N-dealkylation sites (N-methyl/N-ethyl adjacent to an activating group) is 1. The third-order valence-corrected chi connectivity index (χ3v) is 3.37. The molecule has 0 spiro atoms. The average molecular weight is 266 g/mol. The molecule has 1 N–H and O–H groups in total. The van der Waals surface area contributed by atoms with Crippen LogP contribution in [0.15, 0.2) is 18.2 Å². The van der Waals surface area contributed by atoms with Gasteiger partial charge in [-0.15, -0.1) is 0 Å². The van der Waals surface area contributed by atoms with Crippen LogP contribution < -0.4 is 10.1 Å². The molecule has 104 valence electrons. The van der Waals surface area contributed by atoms with Crippen LogP contribution in [0.25, 0.3) is 0 Å². The minimum atomic E-state index is -0.403. The highest BCUT2D eigenvalue weighted by Gasteiger charge is 2.24. The number of ether oxygens (including phenoxy) is 1. The molecule has 0 aliphatic carbocycles. The maximum absolute atomic E-state index is 13.6. The second-order valence-electron chi connectivity index (χ2n) is 4.81. The van der Waals surface area contributed by atoms with Gasteiger partial charge < -0.3 is 15.0 Å². The minimum Gasteiger partial charge on any atom is -0.494 e. The van der Waals surface area contributed by atoms with E-state index in [4.69, 9.17) is 4.74 Å². The molecule has 1 aliphatic heterocycles. The second kappa shape index (κ2) is 6.02. The lowest BCUT2D eigenvalue weighted by molar-refractivity contribution is -0.132. The number of benzene rings is 1. The zero-order valence-corrected chi connectivity index (χ0v) is 11.3. The van der Waals surface area contributed by atoms with E-state index in [2.05, 4.69) is 5.32 Å². The van der Waals surface area contributed by atoms with E-state index in [-0.39, 0.29) is 17.7 Å². The fourth-order valence-corrected chi connectivity index (χ4v) is 2.32. The molecule has 1 amide bonds. The molecule has 1 aromatic carbocycles. The molecular formula is C14H19FN2O2. The Labute approximate surface area is 112 Å². The molecule has 1 atom stereocenters. The summed E-state index contributed by atoms with van der Waals surface area (Å²) in [6.07, 6.45) is 1.90. The first-order chi connectivity index (χ1) is 9.11. The van der Waals surface area contributed by atoms with Crippen LogP contribution in [-0.4, -0.2) is 37.6 Å². The van der Waals surface area contributed by atoms with Crippen LogP contribution in [0.5, 0.6) is 5.75 Å². The number of rotatable bonds is 4. The first kappa shape index (κ1) is 13.8. The van der Waals surface area contributed by atoms with Gasteiger partial charge in [-0.1, -0.05) is 6.07 Å². The lowest BCUT2D eigenvalue weighted by Gasteiger charge is -2.21. The Hall–Kier alpha value is -1.62. The van der Waals surface area contributed by atoms with Crippen molar-refractivity contribution in [2.75, 3.05) is 20.7 Å². The van der Waals surface area contributed by atoms with Crippen molar-refractivity contribution in [3.05, 3.63) is 29.6 Å². The molecule has 1 heterocycles. The Morgan fingerprint density at radius 1 is 1.58 bits per heavy atom. The maximum atomic E-state index is 13.6. The van der Waals surface area contributed by atoms with E-state index in [1.54, 1.807) is 24.1 Å². The lowest BCUT2D eigenvalue weighted by atomic mass is 10.1. The summed E-state index contributed by atoms with van der Waals surface area (Å²) in [7, 11) is 3.17. The van der Waals surface area contributed by atoms with E-state index in [1.165, 1.54) is 13.2 Å². The second-order valence-corrected chi connectivity index (χ2v) is 4.81. The van der Waals surface area contributed by atoms with E-state index in [9.17, 15) is 9.18 Å². The van der Waals surface area contributed by atoms with Crippen LogP contribution >= 0.6 is 0 Å². The SMILES string of the molecule is COc1ccc(CN(C)C(=O)C2CCCN2)cc1F. The molecule has 1 fully saturated rings. The van der Waals surface area contributed by atoms with Gasteiger partial charge in [-0.25, -0.2) is 4.39 Å². The van der Waals surface area contributed by atoms with Crippen molar-refractivity contribution < 1.29 is 13.9 Å². The number of methoxy groups -OCH3 is 1. The van der Waals surface area contributed by atoms with Gasteiger partial charge in [0, 0.05) is 13.6 Å². The predicted molar refractivity (Wildman–Crippen MR) is 70.5 cm³/mol. The van der Waals surface area contributed by atoms with Gasteiger partial charge in [-0.3, -0.25) is 4.79 Å². The number of halogens is 1. The van der Waals surface area contributed by atoms with Crippen molar-refractivity contribution in [3.8, 4) is 5.75 Å². The standard InChI is InChI=1S/C14H19FN2O2/c1-17(14(18)12-4-3-7-16-12)9-10-5-6-13(19-2)11(15)8-10/h5-6,8,12,16H,3-4,7,9H2,1-2H3. The Balaban J connectivity index is 1.99. The highest BCUT2D eigenvalue weighted by Crippen LogP contribution is 2.19. The van der Waals surface area contributed by atoms with Crippen LogP contribution in [0.1, 0.15) is 18.4 Å². The molecule has 4 nitrogen and oxygen atoms in total. The van der Waals surface area contributed by atoms with Crippen LogP contribution in [0.2, 0.25) is 0 Å². The van der Waals surface area contributed by atoms with Crippen molar-refractivity contribution in [3.63, 3.8) is 0 Å². The molecule has 1 aliphatic rings. The number of carbonyl (C=O) groups is 1. The van der Waals surface area contributed by atoms with Crippen molar-refractivity contribution in [2.45, 2.75) is 25.4 Å². The summed E-state index contributed by atoms with van der Waals surface area (Å²) >= 11 is 0. The predicted octanol–water partition coefficient (Wildman–Crippen LogP) is 1.54. The highest BCUT2D eigenvalue weighted by molar-refractivity contribution is 5.81. The number of hydrogen-bond donors (Lipinski definition) is 1. The van der Waals surface area contributed by atoms with Gasteiger partial charge >= 0.3 is 0 Å². The quantitative estimate of drug-likeness (QED) is 0.899. The summed E-state index contributed by atoms with van der Waals surface area (Å²) in [5.74, 6) is -0.122. The van der Waals surface area contributed by atoms with Crippen molar-refractivity contribution in [2.24, 2.45) is 0 Å². The third-order valence-electron chi connectivity index (χ3n) is 3.37. The van der Waals surface area contributed by atoms with Crippen molar-refractivity contribution in [1.29, 1.82) is 0 Å². The molecule has 0 radical (unpaired) electrons. The van der Waals surface area contributed by atoms with Gasteiger partial charge in [0.05, 0.1) is 13.2 Å². The molecular weight excluding hydrogens is 247 g/mol. The first-order valence-corrected chi connectivity index (χ1v) is 6.42. The zero-order chi connectivity index (χ0) is 13.8. The van der Waals surface area contributed by atoms with Crippen LogP contribution in [-0.2, 0) is 11.3 Å². The summed E-state index contributed by atoms with van der Waals surface area (Å²) in [5.41, 5.74) is 0.757. The summed E-state index contributed by atoms with van der Waals surface area (Å²) in [6.45, 7) is 1.29. The Bertz CT molecular complexity index is 459. The number of nitrogens with one attached hydrogen (secondary N) is 1. The number of hydrogen-bond acceptors (Lipinski definition) is 3. The molecule has 1 unspecified atom stereocenters. The normalized spacial score (nSPS) is 18.4. The van der Waals surface area contributed by atoms with Crippen LogP contribution in [0, 0.1) is 5.82 Å². The topological polar surface area (TPSA) is 41.6 Å². The average Bonchev–Trinajstić information content (AvgIpc) is 2.92. The van der Waals surface area contributed by atoms with E-state index in [1.807, 2.05) is 0 Å². The monoisotopic (exact) mass is 266 g/mol. The number of nitrogens with zero attached hydrogens (tertiary/aromatic N) is 1. The van der Waals surface area contributed by atoms with Crippen molar-refractivity contribution >= 4 is 5.91 Å². The third kappa shape index (κ3) is 3.23. The van der Waals surface area contributed by atoms with E-state index < -0.39 is 5.82 Å². The Morgan fingerprint density at radius 2 is 2.37 bits per heavy atom. The minimum absolute atomic E-state index is 0.0636. The Kier molecular flexibility index (Phi) is 4.37. The largest absolute Gasteiger partial charge is 0.494 e. The van der Waals surface area contributed by atoms with Gasteiger partial charge in [0.25, 0.3) is 0 Å². The Morgan fingerprint density at radius 3 is 2.95 bits per heavy atom. The van der Waals surface area contributed by atoms with E-state index in [0.29, 0.717) is 6.54 Å². The molecule has 19 heavy (non-hydrogen) atoms. The zero-order valence-electron chi connectivity index (χ0n) is 11.3. The number of amides is 1. The molecule has 5 heteroatoms. The maximum Gasteiger partial charge on any atom is 0.239 e. The number of carbonyl (C=O) groups excluding carboxylic acids is 1. The van der Waals surface area contributed by atoms with E-state index in [0.717, 1.165) is 24.9 Å². The van der Waals surface area contributed by atoms with Gasteiger partial charge in [0.1, 0.15) is 0 Å². The summed E-state index contributed by atoms with van der Waals surface area (Å²) in [6, 6.07) is 4.67. The summed E-state index contributed by atoms with van der Waals surface area (Å²) in [4.78, 5) is 13.7. The first-order valence-electron chi connectivity index (χ1n) is 6.42. The fourth-order valence-electron chi connectivity index (χ4n) is 2.32. The smallest absolute Gasteiger partial charge is 0.239 e. The van der Waals surface area contributed by atoms with Gasteiger partial charge in [0.2, 0.25) is 5.91 Å². The van der Waals surface area contributed by atoms with Crippen LogP contribution in [0.3, 0.4) is 0 Å². The summed E-state index contributed by atoms with van der Waals surface area (Å²) < 4.78 is 18.4. The van der Waals surface area contributed by atoms with Gasteiger partial charge in [0.15, 0.2) is 11.6 Å².